The van der Waals surface area contributed by atoms with Crippen LogP contribution in [0.3, 0.4) is 0 Å². The van der Waals surface area contributed by atoms with E-state index in [1.807, 2.05) is 0 Å². The third-order valence-corrected chi connectivity index (χ3v) is 4.93. The molecule has 112 valence electrons. The maximum atomic E-state index is 12.2. The monoisotopic (exact) mass is 324 g/mol. The van der Waals surface area contributed by atoms with Crippen molar-refractivity contribution in [3.63, 3.8) is 0 Å². The van der Waals surface area contributed by atoms with E-state index in [-0.39, 0.29) is 5.56 Å². The topological polar surface area (TPSA) is 51.0 Å². The van der Waals surface area contributed by atoms with Crippen molar-refractivity contribution in [3.8, 4) is 0 Å². The van der Waals surface area contributed by atoms with Gasteiger partial charge in [0.25, 0.3) is 5.56 Å². The first-order chi connectivity index (χ1) is 10.1. The molecular weight excluding hydrogens is 308 g/mol. The number of rotatable bonds is 3. The third kappa shape index (κ3) is 3.44. The lowest BCUT2D eigenvalue weighted by molar-refractivity contribution is 0.437. The minimum absolute atomic E-state index is 0.0874. The van der Waals surface area contributed by atoms with Gasteiger partial charge in [0.05, 0.1) is 18.4 Å². The molecule has 7 heteroatoms. The molecule has 0 unspecified atom stereocenters. The second-order valence-corrected chi connectivity index (χ2v) is 7.16. The second kappa shape index (κ2) is 6.15. The normalized spacial score (nSPS) is 16.4. The van der Waals surface area contributed by atoms with Gasteiger partial charge >= 0.3 is 0 Å². The number of piperidine rings is 1. The Morgan fingerprint density at radius 1 is 1.38 bits per heavy atom. The number of thiazole rings is 1. The molecule has 3 rings (SSSR count). The van der Waals surface area contributed by atoms with Crippen molar-refractivity contribution < 1.29 is 0 Å². The molecule has 0 atom stereocenters. The summed E-state index contributed by atoms with van der Waals surface area (Å²) >= 11 is 7.17. The van der Waals surface area contributed by atoms with Gasteiger partial charge in [-0.1, -0.05) is 18.5 Å². The largest absolute Gasteiger partial charge is 0.370 e. The first-order valence-electron chi connectivity index (χ1n) is 7.04. The second-order valence-electron chi connectivity index (χ2n) is 5.46. The lowest BCUT2D eigenvalue weighted by Crippen LogP contribution is -2.34. The van der Waals surface area contributed by atoms with Crippen molar-refractivity contribution >= 4 is 28.6 Å². The highest BCUT2D eigenvalue weighted by molar-refractivity contribution is 7.15. The minimum Gasteiger partial charge on any atom is -0.370 e. The van der Waals surface area contributed by atoms with Crippen LogP contribution < -0.4 is 10.5 Å². The molecule has 3 heterocycles. The van der Waals surface area contributed by atoms with Crippen LogP contribution in [-0.2, 0) is 6.54 Å². The van der Waals surface area contributed by atoms with E-state index >= 15 is 0 Å². The molecule has 0 amide bonds. The molecule has 0 N–H and O–H groups in total. The van der Waals surface area contributed by atoms with Crippen LogP contribution in [0.2, 0.25) is 4.47 Å². The number of nitrogens with zero attached hydrogens (tertiary/aromatic N) is 4. The van der Waals surface area contributed by atoms with Crippen LogP contribution in [0, 0.1) is 5.92 Å². The molecule has 1 aliphatic rings. The smallest absolute Gasteiger partial charge is 0.269 e. The standard InChI is InChI=1S/C14H17ClN4OS/c1-10-2-4-18(5-3-10)11-6-13(20)19(17-7-11)9-12-8-16-14(15)21-12/h6-8,10H,2-5,9H2,1H3. The summed E-state index contributed by atoms with van der Waals surface area (Å²) < 4.78 is 1.93. The Morgan fingerprint density at radius 2 is 2.14 bits per heavy atom. The van der Waals surface area contributed by atoms with Gasteiger partial charge in [0, 0.05) is 30.2 Å². The lowest BCUT2D eigenvalue weighted by atomic mass is 9.99. The average Bonchev–Trinajstić information content (AvgIpc) is 2.87. The Hall–Kier alpha value is -1.40. The molecule has 0 saturated carbocycles. The summed E-state index contributed by atoms with van der Waals surface area (Å²) in [5, 5.41) is 4.28. The number of anilines is 1. The van der Waals surface area contributed by atoms with Crippen LogP contribution in [0.15, 0.2) is 23.3 Å². The van der Waals surface area contributed by atoms with Gasteiger partial charge in [0.15, 0.2) is 4.47 Å². The molecule has 21 heavy (non-hydrogen) atoms. The highest BCUT2D eigenvalue weighted by atomic mass is 35.5. The third-order valence-electron chi connectivity index (χ3n) is 3.83. The van der Waals surface area contributed by atoms with E-state index < -0.39 is 0 Å². The van der Waals surface area contributed by atoms with Crippen LogP contribution in [-0.4, -0.2) is 27.9 Å². The van der Waals surface area contributed by atoms with E-state index in [1.165, 1.54) is 28.9 Å². The molecule has 0 radical (unpaired) electrons. The van der Waals surface area contributed by atoms with Crippen LogP contribution >= 0.6 is 22.9 Å². The fourth-order valence-corrected chi connectivity index (χ4v) is 3.45. The molecule has 0 aromatic carbocycles. The summed E-state index contributed by atoms with van der Waals surface area (Å²) in [4.78, 5) is 19.3. The fourth-order valence-electron chi connectivity index (χ4n) is 2.49. The summed E-state index contributed by atoms with van der Waals surface area (Å²) in [5.41, 5.74) is 0.834. The summed E-state index contributed by atoms with van der Waals surface area (Å²) in [6.07, 6.45) is 5.80. The van der Waals surface area contributed by atoms with Crippen molar-refractivity contribution in [1.82, 2.24) is 14.8 Å². The molecule has 1 aliphatic heterocycles. The number of halogens is 1. The molecule has 1 fully saturated rings. The number of aromatic nitrogens is 3. The number of hydrogen-bond acceptors (Lipinski definition) is 5. The van der Waals surface area contributed by atoms with Crippen molar-refractivity contribution in [2.24, 2.45) is 5.92 Å². The maximum absolute atomic E-state index is 12.2. The van der Waals surface area contributed by atoms with Gasteiger partial charge in [-0.05, 0) is 18.8 Å². The maximum Gasteiger partial charge on any atom is 0.269 e. The zero-order valence-electron chi connectivity index (χ0n) is 11.8. The molecular formula is C14H17ClN4OS. The van der Waals surface area contributed by atoms with E-state index in [9.17, 15) is 4.79 Å². The predicted molar refractivity (Wildman–Crippen MR) is 85.3 cm³/mol. The summed E-state index contributed by atoms with van der Waals surface area (Å²) in [6.45, 7) is 4.68. The minimum atomic E-state index is -0.0874. The van der Waals surface area contributed by atoms with Crippen molar-refractivity contribution in [3.05, 3.63) is 38.2 Å². The van der Waals surface area contributed by atoms with E-state index in [1.54, 1.807) is 18.5 Å². The summed E-state index contributed by atoms with van der Waals surface area (Å²) in [7, 11) is 0. The zero-order valence-corrected chi connectivity index (χ0v) is 13.4. The molecule has 2 aromatic rings. The highest BCUT2D eigenvalue weighted by Gasteiger charge is 2.17. The van der Waals surface area contributed by atoms with Crippen molar-refractivity contribution in [2.45, 2.75) is 26.3 Å². The van der Waals surface area contributed by atoms with Crippen LogP contribution in [0.1, 0.15) is 24.6 Å². The Kier molecular flexibility index (Phi) is 4.26. The molecule has 0 bridgehead atoms. The van der Waals surface area contributed by atoms with Crippen LogP contribution in [0.4, 0.5) is 5.69 Å². The molecule has 2 aromatic heterocycles. The zero-order chi connectivity index (χ0) is 14.8. The Balaban J connectivity index is 1.75. The Bertz CT molecular complexity index is 676. The van der Waals surface area contributed by atoms with Gasteiger partial charge in [-0.15, -0.1) is 11.3 Å². The first kappa shape index (κ1) is 14.5. The van der Waals surface area contributed by atoms with Crippen LogP contribution in [0.5, 0.6) is 0 Å². The lowest BCUT2D eigenvalue weighted by Gasteiger charge is -2.31. The molecule has 0 spiro atoms. The summed E-state index contributed by atoms with van der Waals surface area (Å²) in [5.74, 6) is 0.769. The Labute approximate surface area is 132 Å². The van der Waals surface area contributed by atoms with Crippen LogP contribution in [0.25, 0.3) is 0 Å². The van der Waals surface area contributed by atoms with Crippen molar-refractivity contribution in [2.75, 3.05) is 18.0 Å². The van der Waals surface area contributed by atoms with Gasteiger partial charge in [-0.2, -0.15) is 5.10 Å². The van der Waals surface area contributed by atoms with Gasteiger partial charge in [0.2, 0.25) is 0 Å². The van der Waals surface area contributed by atoms with Gasteiger partial charge in [-0.25, -0.2) is 9.67 Å². The molecule has 5 nitrogen and oxygen atoms in total. The molecule has 1 saturated heterocycles. The van der Waals surface area contributed by atoms with E-state index in [2.05, 4.69) is 21.9 Å². The van der Waals surface area contributed by atoms with E-state index in [0.29, 0.717) is 11.0 Å². The van der Waals surface area contributed by atoms with Crippen molar-refractivity contribution in [1.29, 1.82) is 0 Å². The fraction of sp³-hybridized carbons (Fsp3) is 0.500. The van der Waals surface area contributed by atoms with E-state index in [4.69, 9.17) is 11.6 Å². The quantitative estimate of drug-likeness (QED) is 0.871. The molecule has 0 aliphatic carbocycles. The van der Waals surface area contributed by atoms with E-state index in [0.717, 1.165) is 29.6 Å². The van der Waals surface area contributed by atoms with Gasteiger partial charge in [-0.3, -0.25) is 4.79 Å². The van der Waals surface area contributed by atoms with Gasteiger partial charge < -0.3 is 4.90 Å². The predicted octanol–water partition coefficient (Wildman–Crippen LogP) is 2.64. The Morgan fingerprint density at radius 3 is 2.76 bits per heavy atom. The summed E-state index contributed by atoms with van der Waals surface area (Å²) in [6, 6.07) is 1.67. The SMILES string of the molecule is CC1CCN(c2cnn(Cc3cnc(Cl)s3)c(=O)c2)CC1. The number of hydrogen-bond donors (Lipinski definition) is 0. The highest BCUT2D eigenvalue weighted by Crippen LogP contribution is 2.21. The van der Waals surface area contributed by atoms with Gasteiger partial charge in [0.1, 0.15) is 0 Å². The first-order valence-corrected chi connectivity index (χ1v) is 8.23. The average molecular weight is 325 g/mol.